The predicted octanol–water partition coefficient (Wildman–Crippen LogP) is 1.47. The largest absolute Gasteiger partial charge is 0.390 e. The van der Waals surface area contributed by atoms with Crippen LogP contribution >= 0.6 is 0 Å². The summed E-state index contributed by atoms with van der Waals surface area (Å²) in [5, 5.41) is 19.7. The van der Waals surface area contributed by atoms with Crippen molar-refractivity contribution in [2.75, 3.05) is 0 Å². The van der Waals surface area contributed by atoms with Gasteiger partial charge in [-0.1, -0.05) is 50.1 Å². The topological polar surface area (TPSA) is 66.5 Å². The molecule has 3 heteroatoms. The van der Waals surface area contributed by atoms with Crippen molar-refractivity contribution >= 4 is 0 Å². The van der Waals surface area contributed by atoms with E-state index in [9.17, 15) is 10.2 Å². The summed E-state index contributed by atoms with van der Waals surface area (Å²) in [6, 6.07) is 9.38. The van der Waals surface area contributed by atoms with Crippen molar-refractivity contribution in [1.29, 1.82) is 0 Å². The van der Waals surface area contributed by atoms with E-state index in [-0.39, 0.29) is 0 Å². The first kappa shape index (κ1) is 14.2. The summed E-state index contributed by atoms with van der Waals surface area (Å²) in [5.74, 6) is 0. The Morgan fingerprint density at radius 2 is 1.82 bits per heavy atom. The summed E-state index contributed by atoms with van der Waals surface area (Å²) in [6.07, 6.45) is 1.56. The van der Waals surface area contributed by atoms with Crippen LogP contribution in [0.15, 0.2) is 30.3 Å². The fourth-order valence-electron chi connectivity index (χ4n) is 1.88. The number of hydrogen-bond acceptors (Lipinski definition) is 3. The van der Waals surface area contributed by atoms with Gasteiger partial charge in [0.2, 0.25) is 0 Å². The molecular weight excluding hydrogens is 214 g/mol. The zero-order valence-corrected chi connectivity index (χ0v) is 10.4. The number of benzene rings is 1. The average Bonchev–Trinajstić information content (AvgIpc) is 2.36. The van der Waals surface area contributed by atoms with Gasteiger partial charge in [0.1, 0.15) is 0 Å². The van der Waals surface area contributed by atoms with Gasteiger partial charge in [0.05, 0.1) is 12.2 Å². The summed E-state index contributed by atoms with van der Waals surface area (Å²) in [4.78, 5) is 0. The van der Waals surface area contributed by atoms with Gasteiger partial charge in [-0.25, -0.2) is 0 Å². The van der Waals surface area contributed by atoms with Crippen LogP contribution in [-0.2, 0) is 6.42 Å². The maximum atomic E-state index is 9.90. The van der Waals surface area contributed by atoms with Crippen molar-refractivity contribution in [3.63, 3.8) is 0 Å². The van der Waals surface area contributed by atoms with Gasteiger partial charge in [0, 0.05) is 6.04 Å². The maximum absolute atomic E-state index is 9.90. The van der Waals surface area contributed by atoms with Gasteiger partial charge in [-0.15, -0.1) is 0 Å². The van der Waals surface area contributed by atoms with Crippen LogP contribution in [0.3, 0.4) is 0 Å². The lowest BCUT2D eigenvalue weighted by Crippen LogP contribution is -2.44. The fraction of sp³-hybridized carbons (Fsp3) is 0.571. The molecule has 0 saturated heterocycles. The molecule has 1 rings (SSSR count). The zero-order chi connectivity index (χ0) is 12.7. The summed E-state index contributed by atoms with van der Waals surface area (Å²) in [6.45, 7) is 2.06. The first-order valence-corrected chi connectivity index (χ1v) is 6.30. The lowest BCUT2D eigenvalue weighted by atomic mass is 9.96. The van der Waals surface area contributed by atoms with Gasteiger partial charge >= 0.3 is 0 Å². The van der Waals surface area contributed by atoms with E-state index in [1.165, 1.54) is 0 Å². The van der Waals surface area contributed by atoms with Crippen LogP contribution in [-0.4, -0.2) is 28.5 Å². The van der Waals surface area contributed by atoms with E-state index in [4.69, 9.17) is 5.73 Å². The minimum atomic E-state index is -0.846. The van der Waals surface area contributed by atoms with E-state index < -0.39 is 18.2 Å². The van der Waals surface area contributed by atoms with Crippen molar-refractivity contribution in [2.24, 2.45) is 5.73 Å². The molecule has 0 spiro atoms. The van der Waals surface area contributed by atoms with E-state index in [0.29, 0.717) is 12.8 Å². The zero-order valence-electron chi connectivity index (χ0n) is 10.4. The third kappa shape index (κ3) is 4.86. The minimum Gasteiger partial charge on any atom is -0.390 e. The number of hydrogen-bond donors (Lipinski definition) is 3. The second-order valence-electron chi connectivity index (χ2n) is 4.55. The van der Waals surface area contributed by atoms with E-state index in [2.05, 4.69) is 6.92 Å². The summed E-state index contributed by atoms with van der Waals surface area (Å²) in [7, 11) is 0. The Balaban J connectivity index is 2.43. The predicted molar refractivity (Wildman–Crippen MR) is 69.7 cm³/mol. The lowest BCUT2D eigenvalue weighted by Gasteiger charge is -2.23. The molecule has 3 nitrogen and oxygen atoms in total. The molecule has 4 N–H and O–H groups in total. The van der Waals surface area contributed by atoms with Crippen LogP contribution in [0.4, 0.5) is 0 Å². The van der Waals surface area contributed by atoms with Crippen LogP contribution in [0.2, 0.25) is 0 Å². The molecule has 1 aromatic rings. The average molecular weight is 237 g/mol. The SMILES string of the molecule is CCCC[C@H](O)[C@H](O)[C@@H](N)Cc1ccccc1. The molecule has 0 aliphatic carbocycles. The molecule has 0 aliphatic heterocycles. The van der Waals surface area contributed by atoms with Crippen molar-refractivity contribution in [3.05, 3.63) is 35.9 Å². The molecule has 0 radical (unpaired) electrons. The standard InChI is InChI=1S/C14H23NO2/c1-2-3-9-13(16)14(17)12(15)10-11-7-5-4-6-8-11/h4-8,12-14,16-17H,2-3,9-10,15H2,1H3/t12-,13-,14+/m0/s1. The van der Waals surface area contributed by atoms with Gasteiger partial charge in [-0.3, -0.25) is 0 Å². The molecule has 0 unspecified atom stereocenters. The van der Waals surface area contributed by atoms with Gasteiger partial charge in [0.15, 0.2) is 0 Å². The van der Waals surface area contributed by atoms with Crippen molar-refractivity contribution in [3.8, 4) is 0 Å². The number of nitrogens with two attached hydrogens (primary N) is 1. The minimum absolute atomic E-state index is 0.413. The Hall–Kier alpha value is -0.900. The quantitative estimate of drug-likeness (QED) is 0.672. The highest BCUT2D eigenvalue weighted by atomic mass is 16.3. The normalized spacial score (nSPS) is 16.5. The second-order valence-corrected chi connectivity index (χ2v) is 4.55. The first-order chi connectivity index (χ1) is 8.15. The van der Waals surface area contributed by atoms with Crippen LogP contribution < -0.4 is 5.73 Å². The van der Waals surface area contributed by atoms with Crippen LogP contribution in [0.25, 0.3) is 0 Å². The number of aliphatic hydroxyl groups is 2. The lowest BCUT2D eigenvalue weighted by molar-refractivity contribution is -0.00126. The highest BCUT2D eigenvalue weighted by Gasteiger charge is 2.22. The summed E-state index contributed by atoms with van der Waals surface area (Å²) in [5.41, 5.74) is 7.00. The van der Waals surface area contributed by atoms with Crippen molar-refractivity contribution < 1.29 is 10.2 Å². The Bertz CT molecular complexity index is 302. The summed E-state index contributed by atoms with van der Waals surface area (Å²) >= 11 is 0. The van der Waals surface area contributed by atoms with Gasteiger partial charge in [-0.05, 0) is 18.4 Å². The van der Waals surface area contributed by atoms with Crippen LogP contribution in [0.1, 0.15) is 31.7 Å². The first-order valence-electron chi connectivity index (χ1n) is 6.30. The smallest absolute Gasteiger partial charge is 0.0952 e. The number of unbranched alkanes of at least 4 members (excludes halogenated alkanes) is 1. The molecule has 0 amide bonds. The molecule has 96 valence electrons. The van der Waals surface area contributed by atoms with E-state index in [1.807, 2.05) is 30.3 Å². The van der Waals surface area contributed by atoms with E-state index in [1.54, 1.807) is 0 Å². The molecule has 0 heterocycles. The number of aliphatic hydroxyl groups excluding tert-OH is 2. The van der Waals surface area contributed by atoms with Gasteiger partial charge < -0.3 is 15.9 Å². The highest BCUT2D eigenvalue weighted by molar-refractivity contribution is 5.16. The Kier molecular flexibility index (Phi) is 6.19. The van der Waals surface area contributed by atoms with Gasteiger partial charge in [0.25, 0.3) is 0 Å². The maximum Gasteiger partial charge on any atom is 0.0952 e. The number of rotatable bonds is 7. The van der Waals surface area contributed by atoms with Gasteiger partial charge in [-0.2, -0.15) is 0 Å². The molecule has 0 bridgehead atoms. The Labute approximate surface area is 103 Å². The Morgan fingerprint density at radius 3 is 2.41 bits per heavy atom. The molecule has 0 saturated carbocycles. The third-order valence-electron chi connectivity index (χ3n) is 3.00. The van der Waals surface area contributed by atoms with Crippen LogP contribution in [0, 0.1) is 0 Å². The fourth-order valence-corrected chi connectivity index (χ4v) is 1.88. The van der Waals surface area contributed by atoms with Crippen molar-refractivity contribution in [2.45, 2.75) is 50.9 Å². The third-order valence-corrected chi connectivity index (χ3v) is 3.00. The van der Waals surface area contributed by atoms with E-state index in [0.717, 1.165) is 18.4 Å². The second kappa shape index (κ2) is 7.43. The molecule has 17 heavy (non-hydrogen) atoms. The molecule has 1 aromatic carbocycles. The molecular formula is C14H23NO2. The molecule has 0 aliphatic rings. The Morgan fingerprint density at radius 1 is 1.18 bits per heavy atom. The molecule has 0 aromatic heterocycles. The molecule has 3 atom stereocenters. The van der Waals surface area contributed by atoms with Crippen LogP contribution in [0.5, 0.6) is 0 Å². The van der Waals surface area contributed by atoms with E-state index >= 15 is 0 Å². The molecule has 0 fully saturated rings. The highest BCUT2D eigenvalue weighted by Crippen LogP contribution is 2.11. The van der Waals surface area contributed by atoms with Crippen molar-refractivity contribution in [1.82, 2.24) is 0 Å². The monoisotopic (exact) mass is 237 g/mol. The summed E-state index contributed by atoms with van der Waals surface area (Å²) < 4.78 is 0.